The summed E-state index contributed by atoms with van der Waals surface area (Å²) in [5.74, 6) is 0.968. The average molecular weight is 287 g/mol. The summed E-state index contributed by atoms with van der Waals surface area (Å²) >= 11 is 0. The van der Waals surface area contributed by atoms with Gasteiger partial charge in [0.1, 0.15) is 11.4 Å². The van der Waals surface area contributed by atoms with Gasteiger partial charge in [-0.3, -0.25) is 0 Å². The predicted octanol–water partition coefficient (Wildman–Crippen LogP) is 4.87. The highest BCUT2D eigenvalue weighted by Gasteiger charge is 2.09. The number of phenols is 1. The maximum Gasteiger partial charge on any atom is 0.167 e. The minimum atomic E-state index is 0.238. The van der Waals surface area contributed by atoms with Gasteiger partial charge in [-0.05, 0) is 41.1 Å². The number of fused-ring (bicyclic) bond motifs is 1. The molecule has 0 saturated carbocycles. The van der Waals surface area contributed by atoms with Crippen molar-refractivity contribution in [2.24, 2.45) is 0 Å². The zero-order valence-electron chi connectivity index (χ0n) is 11.7. The highest BCUT2D eigenvalue weighted by molar-refractivity contribution is 5.86. The number of phenolic OH excluding ortho intramolecular Hbond substituents is 1. The molecule has 3 aromatic carbocycles. The molecule has 0 spiro atoms. The Kier molecular flexibility index (Phi) is 2.90. The molecule has 0 aliphatic heterocycles. The summed E-state index contributed by atoms with van der Waals surface area (Å²) in [6, 6.07) is 23.2. The first-order valence-corrected chi connectivity index (χ1v) is 7.05. The maximum absolute atomic E-state index is 9.34. The Balaban J connectivity index is 1.74. The zero-order chi connectivity index (χ0) is 14.9. The van der Waals surface area contributed by atoms with Crippen molar-refractivity contribution >= 4 is 10.8 Å². The van der Waals surface area contributed by atoms with Gasteiger partial charge in [0.05, 0.1) is 0 Å². The second-order valence-electron chi connectivity index (χ2n) is 5.19. The van der Waals surface area contributed by atoms with Gasteiger partial charge in [0.2, 0.25) is 0 Å². The van der Waals surface area contributed by atoms with Gasteiger partial charge in [0.15, 0.2) is 5.76 Å². The van der Waals surface area contributed by atoms with Gasteiger partial charge in [-0.25, -0.2) is 0 Å². The largest absolute Gasteiger partial charge is 0.508 e. The van der Waals surface area contributed by atoms with Crippen LogP contribution in [0.25, 0.3) is 33.4 Å². The minimum Gasteiger partial charge on any atom is -0.508 e. The van der Waals surface area contributed by atoms with Crippen molar-refractivity contribution in [3.8, 4) is 28.3 Å². The van der Waals surface area contributed by atoms with Crippen LogP contribution in [0, 0.1) is 0 Å². The minimum absolute atomic E-state index is 0.238. The molecule has 22 heavy (non-hydrogen) atoms. The van der Waals surface area contributed by atoms with Crippen molar-refractivity contribution in [1.82, 2.24) is 5.16 Å². The summed E-state index contributed by atoms with van der Waals surface area (Å²) in [5.41, 5.74) is 2.66. The van der Waals surface area contributed by atoms with E-state index in [1.165, 1.54) is 10.8 Å². The number of hydrogen-bond donors (Lipinski definition) is 1. The first kappa shape index (κ1) is 12.7. The van der Waals surface area contributed by atoms with E-state index in [-0.39, 0.29) is 5.75 Å². The Bertz CT molecular complexity index is 939. The van der Waals surface area contributed by atoms with Crippen LogP contribution in [0.3, 0.4) is 0 Å². The lowest BCUT2D eigenvalue weighted by atomic mass is 10.0. The van der Waals surface area contributed by atoms with Crippen LogP contribution in [0.1, 0.15) is 0 Å². The summed E-state index contributed by atoms with van der Waals surface area (Å²) in [4.78, 5) is 0. The molecule has 4 rings (SSSR count). The molecule has 0 radical (unpaired) electrons. The third kappa shape index (κ3) is 2.23. The number of aromatic nitrogens is 1. The molecule has 3 heteroatoms. The van der Waals surface area contributed by atoms with Gasteiger partial charge in [-0.15, -0.1) is 0 Å². The van der Waals surface area contributed by atoms with Gasteiger partial charge in [0, 0.05) is 17.2 Å². The molecule has 0 saturated heterocycles. The summed E-state index contributed by atoms with van der Waals surface area (Å²) in [6.07, 6.45) is 0. The molecule has 0 atom stereocenters. The van der Waals surface area contributed by atoms with Crippen molar-refractivity contribution < 1.29 is 9.63 Å². The second-order valence-corrected chi connectivity index (χ2v) is 5.19. The Labute approximate surface area is 127 Å². The topological polar surface area (TPSA) is 46.3 Å². The smallest absolute Gasteiger partial charge is 0.167 e. The number of nitrogens with zero attached hydrogens (tertiary/aromatic N) is 1. The number of benzene rings is 3. The van der Waals surface area contributed by atoms with Gasteiger partial charge in [-0.1, -0.05) is 41.6 Å². The number of aromatic hydroxyl groups is 1. The molecule has 4 aromatic rings. The van der Waals surface area contributed by atoms with E-state index in [0.29, 0.717) is 0 Å². The summed E-state index contributed by atoms with van der Waals surface area (Å²) in [6.45, 7) is 0. The summed E-state index contributed by atoms with van der Waals surface area (Å²) in [5, 5.41) is 15.8. The predicted molar refractivity (Wildman–Crippen MR) is 86.5 cm³/mol. The molecule has 106 valence electrons. The first-order valence-electron chi connectivity index (χ1n) is 7.05. The van der Waals surface area contributed by atoms with Crippen LogP contribution in [0.2, 0.25) is 0 Å². The molecule has 0 unspecified atom stereocenters. The lowest BCUT2D eigenvalue weighted by Crippen LogP contribution is -1.76. The number of rotatable bonds is 2. The van der Waals surface area contributed by atoms with Crippen LogP contribution >= 0.6 is 0 Å². The average Bonchev–Trinajstić information content (AvgIpc) is 3.05. The van der Waals surface area contributed by atoms with Crippen molar-refractivity contribution in [2.45, 2.75) is 0 Å². The highest BCUT2D eigenvalue weighted by atomic mass is 16.5. The van der Waals surface area contributed by atoms with Gasteiger partial charge in [-0.2, -0.15) is 0 Å². The molecular formula is C19H13NO2. The van der Waals surface area contributed by atoms with Crippen LogP contribution in [0.5, 0.6) is 5.75 Å². The monoisotopic (exact) mass is 287 g/mol. The molecule has 0 amide bonds. The lowest BCUT2D eigenvalue weighted by molar-refractivity contribution is 0.435. The van der Waals surface area contributed by atoms with E-state index in [2.05, 4.69) is 29.4 Å². The molecule has 0 bridgehead atoms. The lowest BCUT2D eigenvalue weighted by Gasteiger charge is -1.99. The van der Waals surface area contributed by atoms with Gasteiger partial charge in [0.25, 0.3) is 0 Å². The Morgan fingerprint density at radius 1 is 0.727 bits per heavy atom. The third-order valence-corrected chi connectivity index (χ3v) is 3.71. The molecule has 0 aliphatic rings. The number of hydrogen-bond acceptors (Lipinski definition) is 3. The molecule has 1 N–H and O–H groups in total. The molecule has 0 aliphatic carbocycles. The standard InChI is InChI=1S/C19H13NO2/c21-17-9-7-14(8-10-17)18-12-19(22-20-18)16-6-5-13-3-1-2-4-15(13)11-16/h1-12,21H. The van der Waals surface area contributed by atoms with Crippen molar-refractivity contribution in [3.05, 3.63) is 72.8 Å². The summed E-state index contributed by atoms with van der Waals surface area (Å²) in [7, 11) is 0. The molecule has 1 aromatic heterocycles. The zero-order valence-corrected chi connectivity index (χ0v) is 11.7. The van der Waals surface area contributed by atoms with Gasteiger partial charge < -0.3 is 9.63 Å². The van der Waals surface area contributed by atoms with E-state index in [9.17, 15) is 5.11 Å². The summed E-state index contributed by atoms with van der Waals surface area (Å²) < 4.78 is 5.47. The Hall–Kier alpha value is -3.07. The SMILES string of the molecule is Oc1ccc(-c2cc(-c3ccc4ccccc4c3)on2)cc1. The molecule has 3 nitrogen and oxygen atoms in total. The molecule has 0 fully saturated rings. The van der Waals surface area contributed by atoms with E-state index in [1.807, 2.05) is 36.4 Å². The van der Waals surface area contributed by atoms with E-state index in [0.717, 1.165) is 22.6 Å². The Morgan fingerprint density at radius 2 is 1.45 bits per heavy atom. The quantitative estimate of drug-likeness (QED) is 0.572. The fraction of sp³-hybridized carbons (Fsp3) is 0. The van der Waals surface area contributed by atoms with Gasteiger partial charge >= 0.3 is 0 Å². The van der Waals surface area contributed by atoms with Crippen LogP contribution < -0.4 is 0 Å². The third-order valence-electron chi connectivity index (χ3n) is 3.71. The first-order chi connectivity index (χ1) is 10.8. The van der Waals surface area contributed by atoms with E-state index in [4.69, 9.17) is 4.52 Å². The fourth-order valence-electron chi connectivity index (χ4n) is 2.52. The van der Waals surface area contributed by atoms with Crippen molar-refractivity contribution in [1.29, 1.82) is 0 Å². The Morgan fingerprint density at radius 3 is 2.27 bits per heavy atom. The maximum atomic E-state index is 9.34. The van der Waals surface area contributed by atoms with Crippen LogP contribution in [-0.4, -0.2) is 10.3 Å². The van der Waals surface area contributed by atoms with E-state index < -0.39 is 0 Å². The normalized spacial score (nSPS) is 10.9. The van der Waals surface area contributed by atoms with Crippen LogP contribution in [-0.2, 0) is 0 Å². The van der Waals surface area contributed by atoms with E-state index >= 15 is 0 Å². The highest BCUT2D eigenvalue weighted by Crippen LogP contribution is 2.29. The van der Waals surface area contributed by atoms with Crippen molar-refractivity contribution in [3.63, 3.8) is 0 Å². The van der Waals surface area contributed by atoms with Crippen molar-refractivity contribution in [2.75, 3.05) is 0 Å². The van der Waals surface area contributed by atoms with E-state index in [1.54, 1.807) is 12.1 Å². The second kappa shape index (κ2) is 5.04. The van der Waals surface area contributed by atoms with Crippen LogP contribution in [0.4, 0.5) is 0 Å². The fourth-order valence-corrected chi connectivity index (χ4v) is 2.52. The molecule has 1 heterocycles. The molecular weight excluding hydrogens is 274 g/mol. The van der Waals surface area contributed by atoms with Crippen LogP contribution in [0.15, 0.2) is 77.3 Å².